The predicted molar refractivity (Wildman–Crippen MR) is 101 cm³/mol. The molecule has 1 aromatic rings. The molecule has 0 spiro atoms. The molecule has 1 unspecified atom stereocenters. The molecule has 4 nitrogen and oxygen atoms in total. The fourth-order valence-corrected chi connectivity index (χ4v) is 3.63. The van der Waals surface area contributed by atoms with Crippen LogP contribution in [0.3, 0.4) is 0 Å². The van der Waals surface area contributed by atoms with Gasteiger partial charge in [-0.15, -0.1) is 0 Å². The summed E-state index contributed by atoms with van der Waals surface area (Å²) >= 11 is 0. The molecule has 0 aromatic heterocycles. The van der Waals surface area contributed by atoms with Crippen molar-refractivity contribution in [3.05, 3.63) is 29.8 Å². The molecule has 1 aliphatic heterocycles. The van der Waals surface area contributed by atoms with Gasteiger partial charge in [0.2, 0.25) is 5.91 Å². The monoisotopic (exact) mass is 347 g/mol. The number of carbonyl (C=O) groups excluding carboxylic acids is 1. The van der Waals surface area contributed by atoms with Crippen LogP contribution in [0.15, 0.2) is 24.3 Å². The van der Waals surface area contributed by atoms with Crippen molar-refractivity contribution in [2.24, 2.45) is 11.3 Å². The summed E-state index contributed by atoms with van der Waals surface area (Å²) in [6.07, 6.45) is 3.45. The molecular formula is C21H33NO3. The predicted octanol–water partition coefficient (Wildman–Crippen LogP) is 3.66. The fourth-order valence-electron chi connectivity index (χ4n) is 3.63. The van der Waals surface area contributed by atoms with Gasteiger partial charge >= 0.3 is 0 Å². The molecule has 0 radical (unpaired) electrons. The first-order valence-corrected chi connectivity index (χ1v) is 9.35. The van der Waals surface area contributed by atoms with Gasteiger partial charge in [0.25, 0.3) is 0 Å². The van der Waals surface area contributed by atoms with E-state index in [1.54, 1.807) is 7.11 Å². The Hall–Kier alpha value is -1.55. The van der Waals surface area contributed by atoms with Gasteiger partial charge < -0.3 is 14.7 Å². The summed E-state index contributed by atoms with van der Waals surface area (Å²) in [6.45, 7) is 7.87. The third kappa shape index (κ3) is 6.69. The Labute approximate surface area is 152 Å². The van der Waals surface area contributed by atoms with Gasteiger partial charge in [0.1, 0.15) is 5.75 Å². The van der Waals surface area contributed by atoms with Crippen molar-refractivity contribution in [2.75, 3.05) is 20.2 Å². The first-order valence-electron chi connectivity index (χ1n) is 9.35. The van der Waals surface area contributed by atoms with Crippen LogP contribution >= 0.6 is 0 Å². The van der Waals surface area contributed by atoms with E-state index >= 15 is 0 Å². The first-order chi connectivity index (χ1) is 11.8. The molecule has 1 amide bonds. The first kappa shape index (κ1) is 19.8. The zero-order chi connectivity index (χ0) is 18.4. The Balaban J connectivity index is 1.77. The molecule has 1 saturated heterocycles. The number of aliphatic hydroxyl groups excluding tert-OH is 1. The topological polar surface area (TPSA) is 49.8 Å². The fraction of sp³-hybridized carbons (Fsp3) is 0.667. The largest absolute Gasteiger partial charge is 0.497 e. The number of hydrogen-bond donors (Lipinski definition) is 1. The quantitative estimate of drug-likeness (QED) is 0.854. The number of rotatable bonds is 6. The smallest absolute Gasteiger partial charge is 0.225 e. The number of carbonyl (C=O) groups is 1. The lowest BCUT2D eigenvalue weighted by Crippen LogP contribution is -2.40. The minimum atomic E-state index is -0.540. The van der Waals surface area contributed by atoms with Crippen LogP contribution in [0.2, 0.25) is 0 Å². The number of methoxy groups -OCH3 is 1. The second-order valence-corrected chi connectivity index (χ2v) is 8.50. The normalized spacial score (nSPS) is 17.4. The second-order valence-electron chi connectivity index (χ2n) is 8.50. The second kappa shape index (κ2) is 8.70. The van der Waals surface area contributed by atoms with E-state index < -0.39 is 6.10 Å². The number of hydrogen-bond acceptors (Lipinski definition) is 3. The maximum atomic E-state index is 12.4. The van der Waals surface area contributed by atoms with Crippen LogP contribution in [0.25, 0.3) is 0 Å². The number of amides is 1. The number of benzene rings is 1. The van der Waals surface area contributed by atoms with Crippen LogP contribution in [-0.4, -0.2) is 42.2 Å². The molecule has 0 aliphatic carbocycles. The molecule has 1 N–H and O–H groups in total. The third-order valence-electron chi connectivity index (χ3n) is 4.88. The van der Waals surface area contributed by atoms with E-state index in [2.05, 4.69) is 32.9 Å². The zero-order valence-electron chi connectivity index (χ0n) is 16.1. The van der Waals surface area contributed by atoms with Gasteiger partial charge in [-0.2, -0.15) is 0 Å². The highest BCUT2D eigenvalue weighted by Gasteiger charge is 2.26. The Bertz CT molecular complexity index is 557. The highest BCUT2D eigenvalue weighted by molar-refractivity contribution is 5.76. The summed E-state index contributed by atoms with van der Waals surface area (Å²) in [5.74, 6) is 1.60. The maximum Gasteiger partial charge on any atom is 0.225 e. The van der Waals surface area contributed by atoms with Crippen LogP contribution in [0.1, 0.15) is 52.0 Å². The molecule has 1 atom stereocenters. The third-order valence-corrected chi connectivity index (χ3v) is 4.88. The standard InChI is InChI=1S/C21H33NO3/c1-21(2,3)15-18(23)14-20(24)22-10-8-16(9-11-22)12-17-6-5-7-19(13-17)25-4/h5-7,13,16,18,23H,8-12,14-15H2,1-4H3. The molecule has 1 heterocycles. The van der Waals surface area contributed by atoms with E-state index in [1.807, 2.05) is 17.0 Å². The van der Waals surface area contributed by atoms with E-state index in [1.165, 1.54) is 5.56 Å². The Morgan fingerprint density at radius 2 is 2.00 bits per heavy atom. The lowest BCUT2D eigenvalue weighted by Gasteiger charge is -2.33. The van der Waals surface area contributed by atoms with Crippen LogP contribution < -0.4 is 4.74 Å². The van der Waals surface area contributed by atoms with Crippen molar-refractivity contribution in [2.45, 2.75) is 59.0 Å². The Kier molecular flexibility index (Phi) is 6.88. The highest BCUT2D eigenvalue weighted by Crippen LogP contribution is 2.25. The Morgan fingerprint density at radius 1 is 1.32 bits per heavy atom. The van der Waals surface area contributed by atoms with Gasteiger partial charge in [-0.3, -0.25) is 4.79 Å². The minimum absolute atomic E-state index is 0.0451. The molecule has 25 heavy (non-hydrogen) atoms. The van der Waals surface area contributed by atoms with Gasteiger partial charge in [-0.25, -0.2) is 0 Å². The van der Waals surface area contributed by atoms with Gasteiger partial charge in [-0.1, -0.05) is 32.9 Å². The van der Waals surface area contributed by atoms with Crippen LogP contribution in [0, 0.1) is 11.3 Å². The van der Waals surface area contributed by atoms with E-state index in [-0.39, 0.29) is 17.7 Å². The summed E-state index contributed by atoms with van der Waals surface area (Å²) in [6, 6.07) is 8.24. The summed E-state index contributed by atoms with van der Waals surface area (Å²) < 4.78 is 5.29. The van der Waals surface area contributed by atoms with E-state index in [0.717, 1.165) is 38.1 Å². The Morgan fingerprint density at radius 3 is 2.60 bits per heavy atom. The van der Waals surface area contributed by atoms with Gasteiger partial charge in [0.05, 0.1) is 19.6 Å². The van der Waals surface area contributed by atoms with Crippen LogP contribution in [0.5, 0.6) is 5.75 Å². The molecule has 140 valence electrons. The molecule has 1 aliphatic rings. The molecule has 1 aromatic carbocycles. The van der Waals surface area contributed by atoms with Crippen molar-refractivity contribution in [1.29, 1.82) is 0 Å². The summed E-state index contributed by atoms with van der Waals surface area (Å²) in [5.41, 5.74) is 1.34. The zero-order valence-corrected chi connectivity index (χ0v) is 16.1. The van der Waals surface area contributed by atoms with E-state index in [9.17, 15) is 9.90 Å². The summed E-state index contributed by atoms with van der Waals surface area (Å²) in [4.78, 5) is 14.3. The number of ether oxygens (including phenoxy) is 1. The van der Waals surface area contributed by atoms with Crippen LogP contribution in [0.4, 0.5) is 0 Å². The molecule has 0 bridgehead atoms. The van der Waals surface area contributed by atoms with Gasteiger partial charge in [-0.05, 0) is 54.7 Å². The van der Waals surface area contributed by atoms with Gasteiger partial charge in [0, 0.05) is 13.1 Å². The van der Waals surface area contributed by atoms with Crippen molar-refractivity contribution >= 4 is 5.91 Å². The maximum absolute atomic E-state index is 12.4. The van der Waals surface area contributed by atoms with Crippen molar-refractivity contribution in [3.63, 3.8) is 0 Å². The summed E-state index contributed by atoms with van der Waals surface area (Å²) in [7, 11) is 1.69. The lowest BCUT2D eigenvalue weighted by atomic mass is 9.87. The van der Waals surface area contributed by atoms with Crippen molar-refractivity contribution in [1.82, 2.24) is 4.90 Å². The average Bonchev–Trinajstić information content (AvgIpc) is 2.53. The van der Waals surface area contributed by atoms with Gasteiger partial charge in [0.15, 0.2) is 0 Å². The molecule has 0 saturated carbocycles. The number of nitrogens with zero attached hydrogens (tertiary/aromatic N) is 1. The van der Waals surface area contributed by atoms with E-state index in [4.69, 9.17) is 4.74 Å². The average molecular weight is 347 g/mol. The van der Waals surface area contributed by atoms with E-state index in [0.29, 0.717) is 12.3 Å². The molecule has 4 heteroatoms. The van der Waals surface area contributed by atoms with Crippen molar-refractivity contribution < 1.29 is 14.6 Å². The number of aliphatic hydroxyl groups is 1. The number of piperidine rings is 1. The van der Waals surface area contributed by atoms with Crippen molar-refractivity contribution in [3.8, 4) is 5.75 Å². The SMILES string of the molecule is COc1cccc(CC2CCN(C(=O)CC(O)CC(C)(C)C)CC2)c1. The molecule has 2 rings (SSSR count). The highest BCUT2D eigenvalue weighted by atomic mass is 16.5. The lowest BCUT2D eigenvalue weighted by molar-refractivity contribution is -0.135. The minimum Gasteiger partial charge on any atom is -0.497 e. The summed E-state index contributed by atoms with van der Waals surface area (Å²) in [5, 5.41) is 10.1. The molecular weight excluding hydrogens is 314 g/mol. The number of likely N-dealkylation sites (tertiary alicyclic amines) is 1. The molecule has 1 fully saturated rings. The van der Waals surface area contributed by atoms with Crippen LogP contribution in [-0.2, 0) is 11.2 Å².